The van der Waals surface area contributed by atoms with E-state index in [1.807, 2.05) is 0 Å². The van der Waals surface area contributed by atoms with E-state index in [9.17, 15) is 70.6 Å². The van der Waals surface area contributed by atoms with Crippen LogP contribution in [0.2, 0.25) is 0 Å². The minimum atomic E-state index is -1.88. The van der Waals surface area contributed by atoms with E-state index < -0.39 is 160 Å². The first-order valence-corrected chi connectivity index (χ1v) is 20.9. The lowest BCUT2D eigenvalue weighted by molar-refractivity contribution is -0.345. The Morgan fingerprint density at radius 2 is 1.13 bits per heavy atom. The second kappa shape index (κ2) is 21.0. The number of rotatable bonds is 13. The number of aliphatic hydroxyl groups excluding tert-OH is 11. The third-order valence-corrected chi connectivity index (χ3v) is 12.8. The number of carbonyl (C=O) groups excluding carboxylic acids is 2. The van der Waals surface area contributed by atoms with E-state index in [1.165, 1.54) is 6.08 Å². The molecule has 0 aromatic carbocycles. The Kier molecular flexibility index (Phi) is 16.5. The lowest BCUT2D eigenvalue weighted by Crippen LogP contribution is -2.63. The molecule has 6 fully saturated rings. The monoisotopic (exact) mass is 880 g/mol. The Morgan fingerprint density at radius 3 is 1.70 bits per heavy atom. The van der Waals surface area contributed by atoms with Gasteiger partial charge in [-0.2, -0.15) is 0 Å². The third kappa shape index (κ3) is 11.8. The van der Waals surface area contributed by atoms with Crippen molar-refractivity contribution in [2.24, 2.45) is 17.8 Å². The Balaban J connectivity index is 1.17. The molecule has 3 saturated carbocycles. The summed E-state index contributed by atoms with van der Waals surface area (Å²) in [6.07, 6.45) is -22.4. The van der Waals surface area contributed by atoms with Crippen LogP contribution >= 0.6 is 0 Å². The molecule has 0 bridgehead atoms. The van der Waals surface area contributed by atoms with E-state index in [1.54, 1.807) is 6.08 Å². The molecule has 3 saturated heterocycles. The number of hydrogen-bond acceptors (Lipinski definition) is 21. The molecule has 22 nitrogen and oxygen atoms in total. The molecule has 8 unspecified atom stereocenters. The van der Waals surface area contributed by atoms with Crippen LogP contribution in [0.1, 0.15) is 64.2 Å². The molecule has 3 aliphatic heterocycles. The normalized spacial score (nSPS) is 47.0. The van der Waals surface area contributed by atoms with Gasteiger partial charge in [0.2, 0.25) is 0 Å². The van der Waals surface area contributed by atoms with E-state index in [2.05, 4.69) is 0 Å². The Bertz CT molecular complexity index is 1480. The van der Waals surface area contributed by atoms with E-state index in [-0.39, 0.29) is 44.1 Å². The average molecular weight is 881 g/mol. The molecule has 0 amide bonds. The molecular formula is C39H60O22. The zero-order chi connectivity index (χ0) is 44.3. The highest BCUT2D eigenvalue weighted by atomic mass is 16.7. The summed E-state index contributed by atoms with van der Waals surface area (Å²) in [4.78, 5) is 35.4. The maximum Gasteiger partial charge on any atom is 0.330 e. The van der Waals surface area contributed by atoms with Gasteiger partial charge in [0.1, 0.15) is 74.6 Å². The number of carboxylic acids is 1. The predicted octanol–water partition coefficient (Wildman–Crippen LogP) is -4.54. The number of fused-ring (bicyclic) bond motifs is 1. The number of ether oxygens (including phenoxy) is 7. The van der Waals surface area contributed by atoms with Crippen LogP contribution < -0.4 is 0 Å². The SMILES string of the molecule is O=C(O)CC(=O)OC[C@H]1O[C@@H](OC2CC(O)CC3OC(C4CC(O)C(O)C(O)C4)C(O[C@@H]4O[C@H](COC(=O)C=CC5CCC(O)CC5)[C@@H](O)[C@@H](O)[C@H]4O)CC32)[C@H](O)[C@H](O)[C@@H]1O. The van der Waals surface area contributed by atoms with Crippen LogP contribution in [0.25, 0.3) is 0 Å². The topological polar surface area (TPSA) is 359 Å². The van der Waals surface area contributed by atoms with Crippen molar-refractivity contribution < 1.29 is 109 Å². The van der Waals surface area contributed by atoms with Gasteiger partial charge in [0.05, 0.1) is 48.8 Å². The van der Waals surface area contributed by atoms with E-state index in [0.29, 0.717) is 25.7 Å². The number of aliphatic carboxylic acids is 1. The first kappa shape index (κ1) is 48.0. The lowest BCUT2D eigenvalue weighted by Gasteiger charge is -2.52. The number of aliphatic hydroxyl groups is 11. The van der Waals surface area contributed by atoms with Crippen LogP contribution in [-0.2, 0) is 47.5 Å². The summed E-state index contributed by atoms with van der Waals surface area (Å²) in [7, 11) is 0. The van der Waals surface area contributed by atoms with Gasteiger partial charge in [-0.25, -0.2) is 4.79 Å². The van der Waals surface area contributed by atoms with Crippen molar-refractivity contribution in [3.05, 3.63) is 12.2 Å². The molecule has 6 rings (SSSR count). The van der Waals surface area contributed by atoms with Crippen LogP contribution in [-0.4, -0.2) is 209 Å². The van der Waals surface area contributed by atoms with Crippen LogP contribution in [0.4, 0.5) is 0 Å². The summed E-state index contributed by atoms with van der Waals surface area (Å²) in [5, 5.41) is 126. The fraction of sp³-hybridized carbons (Fsp3) is 0.872. The molecule has 348 valence electrons. The molecule has 61 heavy (non-hydrogen) atoms. The van der Waals surface area contributed by atoms with Gasteiger partial charge in [0.25, 0.3) is 0 Å². The minimum Gasteiger partial charge on any atom is -0.481 e. The quantitative estimate of drug-likeness (QED) is 0.0471. The van der Waals surface area contributed by atoms with Crippen molar-refractivity contribution >= 4 is 17.9 Å². The molecule has 0 aromatic heterocycles. The van der Waals surface area contributed by atoms with Crippen LogP contribution in [0.3, 0.4) is 0 Å². The van der Waals surface area contributed by atoms with E-state index >= 15 is 0 Å². The van der Waals surface area contributed by atoms with Crippen molar-refractivity contribution in [3.8, 4) is 0 Å². The summed E-state index contributed by atoms with van der Waals surface area (Å²) in [6.45, 7) is -1.26. The summed E-state index contributed by atoms with van der Waals surface area (Å²) < 4.78 is 40.8. The standard InChI is InChI=1S/C39H60O22/c40-17-4-1-15(2-5-17)3-6-28(46)55-13-25-31(49)34(52)36(54)39(61-25)59-24-11-19-22(57-37(24)16-7-20(42)30(48)21(43)8-16)9-18(41)10-23(19)58-38-35(53)33(51)32(50)26(60-38)14-56-29(47)12-27(44)45/h3,6,15-26,30-43,48-54H,1-2,4-5,7-14H2,(H,44,45)/t15?,16?,17?,18?,19?,20?,21?,22?,23?,24?,25-,26-,30?,31-,32-,33-,34-,35-,36-,37?,38-,39-/m1/s1. The Labute approximate surface area is 350 Å². The first-order valence-electron chi connectivity index (χ1n) is 20.9. The zero-order valence-electron chi connectivity index (χ0n) is 33.3. The minimum absolute atomic E-state index is 0.0178. The van der Waals surface area contributed by atoms with Crippen molar-refractivity contribution in [1.29, 1.82) is 0 Å². The molecule has 22 heteroatoms. The second-order valence-corrected chi connectivity index (χ2v) is 17.2. The predicted molar refractivity (Wildman–Crippen MR) is 197 cm³/mol. The van der Waals surface area contributed by atoms with Crippen molar-refractivity contribution in [1.82, 2.24) is 0 Å². The van der Waals surface area contributed by atoms with Gasteiger partial charge in [-0.15, -0.1) is 0 Å². The highest BCUT2D eigenvalue weighted by Crippen LogP contribution is 2.45. The zero-order valence-corrected chi connectivity index (χ0v) is 33.3. The molecule has 0 spiro atoms. The second-order valence-electron chi connectivity index (χ2n) is 17.2. The summed E-state index contributed by atoms with van der Waals surface area (Å²) in [5.74, 6) is -4.71. The van der Waals surface area contributed by atoms with Crippen molar-refractivity contribution in [2.45, 2.75) is 181 Å². The van der Waals surface area contributed by atoms with Crippen LogP contribution in [0.15, 0.2) is 12.2 Å². The number of hydrogen-bond donors (Lipinski definition) is 12. The maximum absolute atomic E-state index is 12.6. The van der Waals surface area contributed by atoms with Gasteiger partial charge in [-0.05, 0) is 63.2 Å². The highest BCUT2D eigenvalue weighted by Gasteiger charge is 2.55. The molecule has 6 aliphatic rings. The first-order chi connectivity index (χ1) is 28.9. The average Bonchev–Trinajstić information content (AvgIpc) is 3.21. The highest BCUT2D eigenvalue weighted by molar-refractivity contribution is 5.90. The van der Waals surface area contributed by atoms with Gasteiger partial charge < -0.3 is 94.4 Å². The van der Waals surface area contributed by atoms with Gasteiger partial charge in [-0.3, -0.25) is 9.59 Å². The summed E-state index contributed by atoms with van der Waals surface area (Å²) in [5.41, 5.74) is 0. The number of carboxylic acid groups (broad SMARTS) is 1. The number of allylic oxidation sites excluding steroid dienone is 1. The molecular weight excluding hydrogens is 820 g/mol. The lowest BCUT2D eigenvalue weighted by atomic mass is 9.72. The smallest absolute Gasteiger partial charge is 0.330 e. The molecule has 0 radical (unpaired) electrons. The summed E-state index contributed by atoms with van der Waals surface area (Å²) >= 11 is 0. The van der Waals surface area contributed by atoms with Crippen molar-refractivity contribution in [2.75, 3.05) is 13.2 Å². The van der Waals surface area contributed by atoms with Gasteiger partial charge in [0.15, 0.2) is 12.6 Å². The molecule has 12 N–H and O–H groups in total. The third-order valence-electron chi connectivity index (χ3n) is 12.8. The molecule has 18 atom stereocenters. The van der Waals surface area contributed by atoms with E-state index in [0.717, 1.165) is 0 Å². The summed E-state index contributed by atoms with van der Waals surface area (Å²) in [6, 6.07) is 0. The number of esters is 2. The Morgan fingerprint density at radius 1 is 0.574 bits per heavy atom. The molecule has 3 aliphatic carbocycles. The fourth-order valence-corrected chi connectivity index (χ4v) is 9.35. The van der Waals surface area contributed by atoms with Gasteiger partial charge in [-0.1, -0.05) is 6.08 Å². The molecule has 3 heterocycles. The van der Waals surface area contributed by atoms with Crippen LogP contribution in [0.5, 0.6) is 0 Å². The molecule has 0 aromatic rings. The van der Waals surface area contributed by atoms with Crippen molar-refractivity contribution in [3.63, 3.8) is 0 Å². The van der Waals surface area contributed by atoms with Gasteiger partial charge in [0, 0.05) is 18.4 Å². The number of carbonyl (C=O) groups is 3. The van der Waals surface area contributed by atoms with Crippen LogP contribution in [0, 0.1) is 17.8 Å². The largest absolute Gasteiger partial charge is 0.481 e. The fourth-order valence-electron chi connectivity index (χ4n) is 9.35. The van der Waals surface area contributed by atoms with E-state index in [4.69, 9.17) is 38.3 Å². The van der Waals surface area contributed by atoms with Gasteiger partial charge >= 0.3 is 17.9 Å². The Hall–Kier alpha value is -2.49. The maximum atomic E-state index is 12.6.